The molecule has 1 saturated heterocycles. The minimum Gasteiger partial charge on any atom is -0.335 e. The fourth-order valence-corrected chi connectivity index (χ4v) is 3.24. The third-order valence-electron chi connectivity index (χ3n) is 4.19. The molecule has 0 aromatic heterocycles. The maximum Gasteiger partial charge on any atom is 0.315 e. The summed E-state index contributed by atoms with van der Waals surface area (Å²) in [6.45, 7) is 8.32. The van der Waals surface area contributed by atoms with Crippen LogP contribution >= 0.6 is 0 Å². The van der Waals surface area contributed by atoms with Crippen LogP contribution in [-0.4, -0.2) is 41.6 Å². The quantitative estimate of drug-likeness (QED) is 0.807. The summed E-state index contributed by atoms with van der Waals surface area (Å²) in [7, 11) is 0. The molecule has 0 unspecified atom stereocenters. The lowest BCUT2D eigenvalue weighted by molar-refractivity contribution is 0.145. The van der Waals surface area contributed by atoms with Gasteiger partial charge in [-0.1, -0.05) is 12.8 Å². The number of nitrogens with zero attached hydrogens (tertiary/aromatic N) is 1. The normalized spacial score (nSPS) is 23.5. The molecule has 0 bridgehead atoms. The minimum absolute atomic E-state index is 0.0215. The molecule has 0 aromatic rings. The van der Waals surface area contributed by atoms with Crippen LogP contribution in [0.2, 0.25) is 0 Å². The van der Waals surface area contributed by atoms with Crippen molar-refractivity contribution in [3.63, 3.8) is 0 Å². The highest BCUT2D eigenvalue weighted by molar-refractivity contribution is 5.74. The summed E-state index contributed by atoms with van der Waals surface area (Å²) in [4.78, 5) is 14.5. The summed E-state index contributed by atoms with van der Waals surface area (Å²) in [6.07, 6.45) is 7.74. The number of carbonyl (C=O) groups excluding carboxylic acids is 1. The average molecular weight is 267 g/mol. The molecule has 0 spiro atoms. The van der Waals surface area contributed by atoms with Crippen LogP contribution in [0.4, 0.5) is 4.79 Å². The Morgan fingerprint density at radius 3 is 2.16 bits per heavy atom. The lowest BCUT2D eigenvalue weighted by atomic mass is 10.0. The number of piperidine rings is 1. The molecule has 2 amide bonds. The van der Waals surface area contributed by atoms with Gasteiger partial charge in [-0.2, -0.15) is 0 Å². The molecule has 2 N–H and O–H groups in total. The maximum absolute atomic E-state index is 11.8. The fourth-order valence-electron chi connectivity index (χ4n) is 3.24. The van der Waals surface area contributed by atoms with Crippen LogP contribution < -0.4 is 10.6 Å². The molecule has 4 heteroatoms. The summed E-state index contributed by atoms with van der Waals surface area (Å²) in [6, 6.07) is 1.15. The Balaban J connectivity index is 1.69. The van der Waals surface area contributed by atoms with E-state index in [0.29, 0.717) is 6.04 Å². The number of urea groups is 1. The highest BCUT2D eigenvalue weighted by atomic mass is 16.2. The minimum atomic E-state index is -0.158. The van der Waals surface area contributed by atoms with Gasteiger partial charge >= 0.3 is 6.03 Å². The zero-order valence-corrected chi connectivity index (χ0v) is 12.7. The molecule has 2 aliphatic rings. The molecule has 19 heavy (non-hydrogen) atoms. The van der Waals surface area contributed by atoms with Crippen LogP contribution in [0, 0.1) is 0 Å². The van der Waals surface area contributed by atoms with Crippen LogP contribution in [0.15, 0.2) is 0 Å². The molecule has 1 aliphatic heterocycles. The summed E-state index contributed by atoms with van der Waals surface area (Å²) < 4.78 is 0. The van der Waals surface area contributed by atoms with E-state index in [1.165, 1.54) is 25.7 Å². The molecule has 110 valence electrons. The molecule has 2 rings (SSSR count). The Bertz CT molecular complexity index is 297. The molecular formula is C15H29N3O. The lowest BCUT2D eigenvalue weighted by Gasteiger charge is -2.36. The Morgan fingerprint density at radius 1 is 1.05 bits per heavy atom. The van der Waals surface area contributed by atoms with Crippen molar-refractivity contribution in [2.75, 3.05) is 13.1 Å². The van der Waals surface area contributed by atoms with Gasteiger partial charge in [0, 0.05) is 30.7 Å². The molecule has 2 fully saturated rings. The van der Waals surface area contributed by atoms with Crippen LogP contribution in [-0.2, 0) is 0 Å². The predicted octanol–water partition coefficient (Wildman–Crippen LogP) is 2.49. The Hall–Kier alpha value is -0.770. The van der Waals surface area contributed by atoms with Crippen LogP contribution in [0.3, 0.4) is 0 Å². The number of amides is 2. The summed E-state index contributed by atoms with van der Waals surface area (Å²) in [5.74, 6) is 0. The van der Waals surface area contributed by atoms with E-state index >= 15 is 0 Å². The third-order valence-corrected chi connectivity index (χ3v) is 4.19. The van der Waals surface area contributed by atoms with Gasteiger partial charge in [0.25, 0.3) is 0 Å². The number of nitrogens with one attached hydrogen (secondary N) is 2. The smallest absolute Gasteiger partial charge is 0.315 e. The first-order valence-corrected chi connectivity index (χ1v) is 7.77. The number of hydrogen-bond acceptors (Lipinski definition) is 2. The van der Waals surface area contributed by atoms with E-state index in [-0.39, 0.29) is 11.6 Å². The van der Waals surface area contributed by atoms with E-state index in [2.05, 4.69) is 15.5 Å². The molecule has 0 radical (unpaired) electrons. The molecule has 1 aliphatic carbocycles. The second-order valence-corrected chi connectivity index (χ2v) is 7.10. The van der Waals surface area contributed by atoms with Crippen molar-refractivity contribution in [3.8, 4) is 0 Å². The van der Waals surface area contributed by atoms with Crippen molar-refractivity contribution in [2.45, 2.75) is 76.9 Å². The van der Waals surface area contributed by atoms with Crippen molar-refractivity contribution in [2.24, 2.45) is 0 Å². The first-order chi connectivity index (χ1) is 8.94. The highest BCUT2D eigenvalue weighted by Gasteiger charge is 2.28. The first kappa shape index (κ1) is 14.6. The summed E-state index contributed by atoms with van der Waals surface area (Å²) in [5.41, 5.74) is -0.158. The lowest BCUT2D eigenvalue weighted by Crippen LogP contribution is -2.53. The van der Waals surface area contributed by atoms with Crippen LogP contribution in [0.5, 0.6) is 0 Å². The molecule has 0 aromatic carbocycles. The second-order valence-electron chi connectivity index (χ2n) is 7.10. The van der Waals surface area contributed by atoms with E-state index in [0.717, 1.165) is 32.0 Å². The van der Waals surface area contributed by atoms with Gasteiger partial charge in [-0.3, -0.25) is 0 Å². The molecular weight excluding hydrogens is 238 g/mol. The maximum atomic E-state index is 11.8. The molecule has 0 atom stereocenters. The zero-order valence-electron chi connectivity index (χ0n) is 12.7. The van der Waals surface area contributed by atoms with Gasteiger partial charge in [0.15, 0.2) is 0 Å². The van der Waals surface area contributed by atoms with E-state index in [9.17, 15) is 4.79 Å². The average Bonchev–Trinajstić information content (AvgIpc) is 2.80. The Labute approximate surface area is 117 Å². The Kier molecular flexibility index (Phi) is 4.71. The van der Waals surface area contributed by atoms with Gasteiger partial charge in [0.1, 0.15) is 0 Å². The standard InChI is InChI=1S/C15H29N3O/c1-15(2,3)17-14(19)16-12-8-10-18(11-9-12)13-6-4-5-7-13/h12-13H,4-11H2,1-3H3,(H2,16,17,19). The van der Waals surface area contributed by atoms with Gasteiger partial charge in [-0.25, -0.2) is 4.79 Å². The topological polar surface area (TPSA) is 44.4 Å². The van der Waals surface area contributed by atoms with Gasteiger partial charge < -0.3 is 15.5 Å². The zero-order chi connectivity index (χ0) is 13.9. The third kappa shape index (κ3) is 4.68. The predicted molar refractivity (Wildman–Crippen MR) is 78.3 cm³/mol. The number of carbonyl (C=O) groups is 1. The van der Waals surface area contributed by atoms with E-state index in [4.69, 9.17) is 0 Å². The van der Waals surface area contributed by atoms with E-state index in [1.807, 2.05) is 20.8 Å². The second kappa shape index (κ2) is 6.12. The highest BCUT2D eigenvalue weighted by Crippen LogP contribution is 2.26. The van der Waals surface area contributed by atoms with Gasteiger partial charge in [0.2, 0.25) is 0 Å². The molecule has 1 saturated carbocycles. The van der Waals surface area contributed by atoms with Gasteiger partial charge in [-0.15, -0.1) is 0 Å². The number of likely N-dealkylation sites (tertiary alicyclic amines) is 1. The van der Waals surface area contributed by atoms with Gasteiger partial charge in [0.05, 0.1) is 0 Å². The number of rotatable bonds is 2. The van der Waals surface area contributed by atoms with Gasteiger partial charge in [-0.05, 0) is 46.5 Å². The van der Waals surface area contributed by atoms with Crippen LogP contribution in [0.1, 0.15) is 59.3 Å². The van der Waals surface area contributed by atoms with Crippen molar-refractivity contribution >= 4 is 6.03 Å². The van der Waals surface area contributed by atoms with E-state index in [1.54, 1.807) is 0 Å². The van der Waals surface area contributed by atoms with E-state index < -0.39 is 0 Å². The molecule has 1 heterocycles. The van der Waals surface area contributed by atoms with Crippen molar-refractivity contribution in [3.05, 3.63) is 0 Å². The monoisotopic (exact) mass is 267 g/mol. The SMILES string of the molecule is CC(C)(C)NC(=O)NC1CCN(C2CCCC2)CC1. The van der Waals surface area contributed by atoms with Crippen molar-refractivity contribution < 1.29 is 4.79 Å². The van der Waals surface area contributed by atoms with Crippen LogP contribution in [0.25, 0.3) is 0 Å². The fraction of sp³-hybridized carbons (Fsp3) is 0.933. The van der Waals surface area contributed by atoms with Crippen molar-refractivity contribution in [1.29, 1.82) is 0 Å². The number of hydrogen-bond donors (Lipinski definition) is 2. The van der Waals surface area contributed by atoms with Crippen molar-refractivity contribution in [1.82, 2.24) is 15.5 Å². The summed E-state index contributed by atoms with van der Waals surface area (Å²) >= 11 is 0. The molecule has 4 nitrogen and oxygen atoms in total. The Morgan fingerprint density at radius 2 is 1.63 bits per heavy atom. The first-order valence-electron chi connectivity index (χ1n) is 7.77. The largest absolute Gasteiger partial charge is 0.335 e. The summed E-state index contributed by atoms with van der Waals surface area (Å²) in [5, 5.41) is 6.08.